The summed E-state index contributed by atoms with van der Waals surface area (Å²) in [5.74, 6) is 0.329. The Morgan fingerprint density at radius 3 is 2.50 bits per heavy atom. The summed E-state index contributed by atoms with van der Waals surface area (Å²) in [4.78, 5) is 2.35. The van der Waals surface area contributed by atoms with Crippen molar-refractivity contribution in [2.75, 3.05) is 26.2 Å². The lowest BCUT2D eigenvalue weighted by atomic mass is 10.1. The molecule has 18 heavy (non-hydrogen) atoms. The lowest BCUT2D eigenvalue weighted by molar-refractivity contribution is 0.183. The Hall–Kier alpha value is -0.190. The van der Waals surface area contributed by atoms with Gasteiger partial charge in [-0.05, 0) is 25.1 Å². The topological polar surface area (TPSA) is 35.5 Å². The summed E-state index contributed by atoms with van der Waals surface area (Å²) in [5.41, 5.74) is 0.911. The van der Waals surface area contributed by atoms with Gasteiger partial charge >= 0.3 is 0 Å². The van der Waals surface area contributed by atoms with E-state index in [9.17, 15) is 5.11 Å². The number of halogens is 3. The first kappa shape index (κ1) is 17.8. The Labute approximate surface area is 125 Å². The maximum atomic E-state index is 9.84. The second-order valence-corrected chi connectivity index (χ2v) is 4.60. The molecule has 1 aliphatic heterocycles. The predicted octanol–water partition coefficient (Wildman–Crippen LogP) is 2.86. The molecule has 1 aromatic rings. The molecule has 1 fully saturated rings. The van der Waals surface area contributed by atoms with E-state index >= 15 is 0 Å². The number of piperazine rings is 1. The van der Waals surface area contributed by atoms with Crippen LogP contribution in [0.2, 0.25) is 5.02 Å². The van der Waals surface area contributed by atoms with Gasteiger partial charge in [-0.25, -0.2) is 0 Å². The van der Waals surface area contributed by atoms with Gasteiger partial charge in [-0.15, -0.1) is 24.8 Å². The zero-order valence-corrected chi connectivity index (χ0v) is 12.6. The molecule has 6 heteroatoms. The van der Waals surface area contributed by atoms with Crippen molar-refractivity contribution in [3.63, 3.8) is 0 Å². The third-order valence-electron chi connectivity index (χ3n) is 3.14. The van der Waals surface area contributed by atoms with Gasteiger partial charge in [0.1, 0.15) is 5.75 Å². The number of nitrogens with one attached hydrogen (secondary N) is 1. The number of aromatic hydroxyl groups is 1. The molecule has 0 bridgehead atoms. The van der Waals surface area contributed by atoms with E-state index in [0.717, 1.165) is 31.7 Å². The Morgan fingerprint density at radius 1 is 1.28 bits per heavy atom. The fourth-order valence-corrected chi connectivity index (χ4v) is 2.31. The summed E-state index contributed by atoms with van der Waals surface area (Å²) < 4.78 is 0. The Morgan fingerprint density at radius 2 is 1.89 bits per heavy atom. The van der Waals surface area contributed by atoms with Crippen LogP contribution in [0.5, 0.6) is 5.75 Å². The molecule has 1 heterocycles. The van der Waals surface area contributed by atoms with Crippen LogP contribution < -0.4 is 5.32 Å². The van der Waals surface area contributed by atoms with Crippen molar-refractivity contribution in [1.29, 1.82) is 0 Å². The molecule has 1 aliphatic rings. The first-order chi connectivity index (χ1) is 7.68. The van der Waals surface area contributed by atoms with Crippen LogP contribution in [-0.2, 0) is 0 Å². The van der Waals surface area contributed by atoms with Crippen molar-refractivity contribution in [3.05, 3.63) is 28.8 Å². The highest BCUT2D eigenvalue weighted by Gasteiger charge is 2.20. The van der Waals surface area contributed by atoms with Gasteiger partial charge in [-0.3, -0.25) is 4.90 Å². The zero-order valence-electron chi connectivity index (χ0n) is 10.2. The second kappa shape index (κ2) is 8.08. The molecule has 0 amide bonds. The number of hydrogen-bond donors (Lipinski definition) is 2. The Kier molecular flexibility index (Phi) is 7.99. The van der Waals surface area contributed by atoms with Crippen LogP contribution in [0.25, 0.3) is 0 Å². The molecule has 1 saturated heterocycles. The summed E-state index contributed by atoms with van der Waals surface area (Å²) >= 11 is 5.96. The van der Waals surface area contributed by atoms with Crippen molar-refractivity contribution in [2.24, 2.45) is 0 Å². The Bertz CT molecular complexity index is 370. The highest BCUT2D eigenvalue weighted by molar-refractivity contribution is 6.30. The normalized spacial score (nSPS) is 17.4. The molecule has 1 atom stereocenters. The van der Waals surface area contributed by atoms with Crippen LogP contribution in [0, 0.1) is 0 Å². The van der Waals surface area contributed by atoms with Crippen molar-refractivity contribution in [2.45, 2.75) is 13.0 Å². The van der Waals surface area contributed by atoms with Crippen molar-refractivity contribution in [1.82, 2.24) is 10.2 Å². The average Bonchev–Trinajstić information content (AvgIpc) is 2.32. The molecule has 104 valence electrons. The van der Waals surface area contributed by atoms with E-state index in [-0.39, 0.29) is 30.9 Å². The van der Waals surface area contributed by atoms with Crippen molar-refractivity contribution in [3.8, 4) is 5.75 Å². The summed E-state index contributed by atoms with van der Waals surface area (Å²) in [6.45, 7) is 6.13. The van der Waals surface area contributed by atoms with E-state index in [0.29, 0.717) is 10.8 Å². The smallest absolute Gasteiger partial charge is 0.120 e. The summed E-state index contributed by atoms with van der Waals surface area (Å²) in [7, 11) is 0. The molecule has 0 saturated carbocycles. The Balaban J connectivity index is 0.00000144. The standard InChI is InChI=1S/C12H17ClN2O.2ClH/c1-9(15-6-4-14-5-7-15)11-8-10(13)2-3-12(11)16;;/h2-3,8-9,14,16H,4-7H2,1H3;2*1H/t9-;;/m1../s1. The van der Waals surface area contributed by atoms with E-state index < -0.39 is 0 Å². The van der Waals surface area contributed by atoms with E-state index in [1.54, 1.807) is 12.1 Å². The van der Waals surface area contributed by atoms with Gasteiger partial charge in [0.2, 0.25) is 0 Å². The molecular weight excluding hydrogens is 295 g/mol. The molecule has 2 N–H and O–H groups in total. The highest BCUT2D eigenvalue weighted by Crippen LogP contribution is 2.30. The molecular formula is C12H19Cl3N2O. The van der Waals surface area contributed by atoms with Crippen LogP contribution in [0.1, 0.15) is 18.5 Å². The molecule has 3 nitrogen and oxygen atoms in total. The van der Waals surface area contributed by atoms with E-state index in [1.807, 2.05) is 6.07 Å². The van der Waals surface area contributed by atoms with Crippen molar-refractivity contribution >= 4 is 36.4 Å². The zero-order chi connectivity index (χ0) is 11.5. The van der Waals surface area contributed by atoms with E-state index in [2.05, 4.69) is 17.1 Å². The van der Waals surface area contributed by atoms with E-state index in [1.165, 1.54) is 0 Å². The summed E-state index contributed by atoms with van der Waals surface area (Å²) in [6.07, 6.45) is 0. The van der Waals surface area contributed by atoms with Crippen molar-refractivity contribution < 1.29 is 5.11 Å². The van der Waals surface area contributed by atoms with Gasteiger partial charge in [-0.2, -0.15) is 0 Å². The largest absolute Gasteiger partial charge is 0.508 e. The number of nitrogens with zero attached hydrogens (tertiary/aromatic N) is 1. The van der Waals surface area contributed by atoms with Gasteiger partial charge in [0.15, 0.2) is 0 Å². The molecule has 1 aromatic carbocycles. The third-order valence-corrected chi connectivity index (χ3v) is 3.37. The van der Waals surface area contributed by atoms with Crippen LogP contribution >= 0.6 is 36.4 Å². The van der Waals surface area contributed by atoms with Crippen LogP contribution in [0.3, 0.4) is 0 Å². The third kappa shape index (κ3) is 4.18. The number of rotatable bonds is 2. The fourth-order valence-electron chi connectivity index (χ4n) is 2.13. The minimum atomic E-state index is 0. The summed E-state index contributed by atoms with van der Waals surface area (Å²) in [5, 5.41) is 13.8. The van der Waals surface area contributed by atoms with Gasteiger partial charge in [-0.1, -0.05) is 11.6 Å². The molecule has 0 aromatic heterocycles. The summed E-state index contributed by atoms with van der Waals surface area (Å²) in [6, 6.07) is 5.44. The minimum Gasteiger partial charge on any atom is -0.508 e. The van der Waals surface area contributed by atoms with Crippen LogP contribution in [0.4, 0.5) is 0 Å². The SMILES string of the molecule is C[C@H](c1cc(Cl)ccc1O)N1CCNCC1.Cl.Cl. The number of phenols is 1. The van der Waals surface area contributed by atoms with Crippen LogP contribution in [0.15, 0.2) is 18.2 Å². The van der Waals surface area contributed by atoms with Gasteiger partial charge in [0.05, 0.1) is 0 Å². The maximum absolute atomic E-state index is 9.84. The number of benzene rings is 1. The lowest BCUT2D eigenvalue weighted by Crippen LogP contribution is -2.44. The second-order valence-electron chi connectivity index (χ2n) is 4.17. The maximum Gasteiger partial charge on any atom is 0.120 e. The first-order valence-corrected chi connectivity index (χ1v) is 5.99. The number of phenolic OH excluding ortho intramolecular Hbond substituents is 1. The minimum absolute atomic E-state index is 0. The average molecular weight is 314 g/mol. The molecule has 0 unspecified atom stereocenters. The van der Waals surface area contributed by atoms with Gasteiger partial charge in [0, 0.05) is 42.8 Å². The lowest BCUT2D eigenvalue weighted by Gasteiger charge is -2.33. The first-order valence-electron chi connectivity index (χ1n) is 5.61. The molecule has 0 radical (unpaired) electrons. The molecule has 0 aliphatic carbocycles. The van der Waals surface area contributed by atoms with Gasteiger partial charge < -0.3 is 10.4 Å². The highest BCUT2D eigenvalue weighted by atomic mass is 35.5. The monoisotopic (exact) mass is 312 g/mol. The predicted molar refractivity (Wildman–Crippen MR) is 80.5 cm³/mol. The fraction of sp³-hybridized carbons (Fsp3) is 0.500. The number of hydrogen-bond acceptors (Lipinski definition) is 3. The molecule has 2 rings (SSSR count). The van der Waals surface area contributed by atoms with Crippen LogP contribution in [-0.4, -0.2) is 36.2 Å². The van der Waals surface area contributed by atoms with E-state index in [4.69, 9.17) is 11.6 Å². The van der Waals surface area contributed by atoms with Gasteiger partial charge in [0.25, 0.3) is 0 Å². The molecule has 0 spiro atoms. The quantitative estimate of drug-likeness (QED) is 0.881.